The summed E-state index contributed by atoms with van der Waals surface area (Å²) in [5.74, 6) is 1.62. The minimum Gasteiger partial charge on any atom is -0.507 e. The number of anilines is 2. The van der Waals surface area contributed by atoms with Gasteiger partial charge in [0.2, 0.25) is 0 Å². The van der Waals surface area contributed by atoms with Crippen LogP contribution in [0, 0.1) is 0 Å². The third-order valence-corrected chi connectivity index (χ3v) is 18.1. The summed E-state index contributed by atoms with van der Waals surface area (Å²) in [5, 5.41) is 64.7. The monoisotopic (exact) mass is 1230 g/mol. The van der Waals surface area contributed by atoms with Crippen LogP contribution in [0.2, 0.25) is 0 Å². The molecule has 7 aromatic carbocycles. The highest BCUT2D eigenvalue weighted by Gasteiger charge is 2.33. The normalized spacial score (nSPS) is 13.3. The topological polar surface area (TPSA) is 113 Å². The average molecular weight is 1230 g/mol. The molecule has 7 aromatic rings. The zero-order chi connectivity index (χ0) is 68.8. The molecule has 0 saturated heterocycles. The Morgan fingerprint density at radius 3 is 0.901 bits per heavy atom. The molecule has 0 unspecified atom stereocenters. The summed E-state index contributed by atoms with van der Waals surface area (Å²) >= 11 is 0. The largest absolute Gasteiger partial charge is 0.507 e. The van der Waals surface area contributed by atoms with Crippen LogP contribution < -0.4 is 5.32 Å². The lowest BCUT2D eigenvalue weighted by Crippen LogP contribution is -2.18. The minimum absolute atomic E-state index is 0.278. The van der Waals surface area contributed by atoms with E-state index in [0.717, 1.165) is 128 Å². The Kier molecular flexibility index (Phi) is 19.3. The summed E-state index contributed by atoms with van der Waals surface area (Å²) in [7, 11) is 0. The summed E-state index contributed by atoms with van der Waals surface area (Å²) < 4.78 is 0. The smallest absolute Gasteiger partial charge is 0.126 e. The van der Waals surface area contributed by atoms with Gasteiger partial charge in [0, 0.05) is 39.2 Å². The fraction of sp³-hybridized carbons (Fsp3) is 0.482. The zero-order valence-electron chi connectivity index (χ0n) is 61.4. The predicted octanol–water partition coefficient (Wildman–Crippen LogP) is 22.7. The lowest BCUT2D eigenvalue weighted by atomic mass is 9.76. The van der Waals surface area contributed by atoms with Crippen LogP contribution in [0.4, 0.5) is 11.4 Å². The highest BCUT2D eigenvalue weighted by molar-refractivity contribution is 5.87. The SMILES string of the molecule is C=C(C)c1cc(Cc2ccc(Nc3c(Cc4cc(C(C)(C)C)c(O)c(C(C)(C)C)c4)cc(Cc4cc(C(C)(C)C)c(O)c(C(C)(C)C)c4)cc3-c3cc(C(C)(C)C)c(O)c(C(C)(C)C)c3)c(Cc3cc(C(C)(C)C)c(O)c(C(C)(C)C)c3)c2)cc(C(C)(C)C)c1O. The number of rotatable bonds is 12. The molecule has 6 heteroatoms. The van der Waals surface area contributed by atoms with Gasteiger partial charge in [-0.1, -0.05) is 254 Å². The van der Waals surface area contributed by atoms with E-state index in [9.17, 15) is 25.5 Å². The lowest BCUT2D eigenvalue weighted by Gasteiger charge is -2.30. The third kappa shape index (κ3) is 16.1. The second-order valence-electron chi connectivity index (χ2n) is 36.1. The van der Waals surface area contributed by atoms with Crippen molar-refractivity contribution >= 4 is 16.9 Å². The van der Waals surface area contributed by atoms with Gasteiger partial charge in [-0.15, -0.1) is 0 Å². The van der Waals surface area contributed by atoms with Crippen molar-refractivity contribution in [1.82, 2.24) is 0 Å². The van der Waals surface area contributed by atoms with E-state index in [1.807, 2.05) is 6.92 Å². The van der Waals surface area contributed by atoms with Crippen LogP contribution in [0.5, 0.6) is 28.7 Å². The molecule has 0 aliphatic heterocycles. The van der Waals surface area contributed by atoms with Crippen molar-refractivity contribution in [3.05, 3.63) is 198 Å². The van der Waals surface area contributed by atoms with Crippen molar-refractivity contribution in [2.45, 2.75) is 268 Å². The predicted molar refractivity (Wildman–Crippen MR) is 390 cm³/mol. The van der Waals surface area contributed by atoms with Crippen molar-refractivity contribution in [3.63, 3.8) is 0 Å². The van der Waals surface area contributed by atoms with Gasteiger partial charge in [-0.2, -0.15) is 0 Å². The molecule has 0 amide bonds. The molecule has 0 aliphatic rings. The maximum absolute atomic E-state index is 12.4. The second kappa shape index (κ2) is 24.5. The maximum atomic E-state index is 12.4. The van der Waals surface area contributed by atoms with Gasteiger partial charge in [-0.3, -0.25) is 0 Å². The number of hydrogen-bond donors (Lipinski definition) is 6. The fourth-order valence-corrected chi connectivity index (χ4v) is 12.9. The van der Waals surface area contributed by atoms with Crippen molar-refractivity contribution in [2.75, 3.05) is 5.32 Å². The van der Waals surface area contributed by atoms with E-state index in [0.29, 0.717) is 48.7 Å². The van der Waals surface area contributed by atoms with E-state index in [-0.39, 0.29) is 43.7 Å². The van der Waals surface area contributed by atoms with Gasteiger partial charge in [0.05, 0.1) is 0 Å². The molecule has 0 aromatic heterocycles. The first-order chi connectivity index (χ1) is 41.2. The Morgan fingerprint density at radius 1 is 0.308 bits per heavy atom. The first-order valence-electron chi connectivity index (χ1n) is 33.2. The van der Waals surface area contributed by atoms with Crippen LogP contribution in [-0.2, 0) is 74.4 Å². The van der Waals surface area contributed by atoms with Gasteiger partial charge >= 0.3 is 0 Å². The Labute approximate surface area is 550 Å². The standard InChI is InChI=1S/C85H115NO5/c1-49(2)59-38-52(40-61(72(59)87)77(3,4)5)32-50-30-31-70(57(34-50)35-54-43-64(80(12,13)14)74(89)65(44-54)81(15,16)17)86-71-58(37-55-45-66(82(18,19)20)75(90)67(46-55)83(21,22)23)36-51(33-53-41-62(78(6,7)8)73(88)63(42-53)79(9,10)11)39-60(71)56-47-68(84(24,25)26)76(91)69(48-56)85(27,28)29/h30-31,34,36,38-48,86-91H,1,32-33,35,37H2,2-29H3. The first-order valence-corrected chi connectivity index (χ1v) is 33.2. The van der Waals surface area contributed by atoms with E-state index in [1.165, 1.54) is 0 Å². The number of phenols is 5. The highest BCUT2D eigenvalue weighted by atomic mass is 16.3. The Bertz CT molecular complexity index is 3770. The van der Waals surface area contributed by atoms with Gasteiger partial charge in [0.15, 0.2) is 0 Å². The van der Waals surface area contributed by atoms with Gasteiger partial charge in [-0.25, -0.2) is 0 Å². The number of allylic oxidation sites excluding steroid dienone is 1. The second-order valence-corrected chi connectivity index (χ2v) is 36.1. The Morgan fingerprint density at radius 2 is 0.571 bits per heavy atom. The van der Waals surface area contributed by atoms with Crippen molar-refractivity contribution < 1.29 is 25.5 Å². The number of phenolic OH excluding ortho intramolecular Hbond substituents is 5. The van der Waals surface area contributed by atoms with Gasteiger partial charge in [0.1, 0.15) is 28.7 Å². The molecule has 0 aliphatic carbocycles. The fourth-order valence-electron chi connectivity index (χ4n) is 12.9. The minimum atomic E-state index is -0.424. The van der Waals surface area contributed by atoms with E-state index >= 15 is 0 Å². The summed E-state index contributed by atoms with van der Waals surface area (Å²) in [6.45, 7) is 64.7. The van der Waals surface area contributed by atoms with E-state index in [4.69, 9.17) is 0 Å². The molecule has 0 heterocycles. The van der Waals surface area contributed by atoms with Crippen LogP contribution >= 0.6 is 0 Å². The molecule has 0 bridgehead atoms. The Hall–Kier alpha value is -6.92. The van der Waals surface area contributed by atoms with Crippen LogP contribution in [-0.4, -0.2) is 25.5 Å². The first kappa shape index (κ1) is 71.5. The molecule has 0 radical (unpaired) electrons. The maximum Gasteiger partial charge on any atom is 0.126 e. The van der Waals surface area contributed by atoms with E-state index in [1.54, 1.807) is 0 Å². The lowest BCUT2D eigenvalue weighted by molar-refractivity contribution is 0.422. The summed E-state index contributed by atoms with van der Waals surface area (Å²) in [5.41, 5.74) is 18.8. The molecule has 490 valence electrons. The zero-order valence-corrected chi connectivity index (χ0v) is 61.4. The Balaban J connectivity index is 1.66. The number of hydrogen-bond acceptors (Lipinski definition) is 6. The molecular formula is C85H115NO5. The van der Waals surface area contributed by atoms with E-state index in [2.05, 4.69) is 290 Å². The molecule has 0 fully saturated rings. The number of benzene rings is 7. The molecule has 6 N–H and O–H groups in total. The van der Waals surface area contributed by atoms with Crippen molar-refractivity contribution in [3.8, 4) is 39.9 Å². The van der Waals surface area contributed by atoms with Crippen LogP contribution in [0.1, 0.15) is 294 Å². The molecule has 7 rings (SSSR count). The van der Waals surface area contributed by atoms with Crippen LogP contribution in [0.15, 0.2) is 97.6 Å². The molecule has 91 heavy (non-hydrogen) atoms. The van der Waals surface area contributed by atoms with Gasteiger partial charge in [-0.05, 0) is 201 Å². The molecule has 6 nitrogen and oxygen atoms in total. The number of aromatic hydroxyl groups is 5. The summed E-state index contributed by atoms with van der Waals surface area (Å²) in [6, 6.07) is 33.4. The summed E-state index contributed by atoms with van der Waals surface area (Å²) in [6.07, 6.45) is 2.24. The summed E-state index contributed by atoms with van der Waals surface area (Å²) in [4.78, 5) is 0. The molecule has 0 atom stereocenters. The van der Waals surface area contributed by atoms with Crippen molar-refractivity contribution in [1.29, 1.82) is 0 Å². The van der Waals surface area contributed by atoms with Crippen LogP contribution in [0.25, 0.3) is 16.7 Å². The van der Waals surface area contributed by atoms with Gasteiger partial charge < -0.3 is 30.8 Å². The van der Waals surface area contributed by atoms with Crippen LogP contribution in [0.3, 0.4) is 0 Å². The molecular weight excluding hydrogens is 1110 g/mol. The average Bonchev–Trinajstić information content (AvgIpc) is 0.779. The number of nitrogens with one attached hydrogen (secondary N) is 1. The highest BCUT2D eigenvalue weighted by Crippen LogP contribution is 2.49. The molecule has 0 spiro atoms. The third-order valence-electron chi connectivity index (χ3n) is 18.1. The van der Waals surface area contributed by atoms with E-state index < -0.39 is 10.8 Å². The van der Waals surface area contributed by atoms with Gasteiger partial charge in [0.25, 0.3) is 0 Å². The van der Waals surface area contributed by atoms with Crippen molar-refractivity contribution in [2.24, 2.45) is 0 Å². The molecule has 0 saturated carbocycles. The quantitative estimate of drug-likeness (QED) is 0.0727.